The van der Waals surface area contributed by atoms with Gasteiger partial charge in [-0.1, -0.05) is 36.4 Å². The van der Waals surface area contributed by atoms with Crippen LogP contribution >= 0.6 is 0 Å². The van der Waals surface area contributed by atoms with Gasteiger partial charge in [0.15, 0.2) is 0 Å². The number of ether oxygens (including phenoxy) is 2. The van der Waals surface area contributed by atoms with E-state index in [1.807, 2.05) is 30.3 Å². The van der Waals surface area contributed by atoms with Crippen LogP contribution in [-0.4, -0.2) is 30.6 Å². The smallest absolute Gasteiger partial charge is 0.142 e. The van der Waals surface area contributed by atoms with Crippen molar-refractivity contribution in [1.29, 1.82) is 0 Å². The van der Waals surface area contributed by atoms with Crippen LogP contribution in [0.2, 0.25) is 0 Å². The van der Waals surface area contributed by atoms with Crippen molar-refractivity contribution in [3.63, 3.8) is 0 Å². The monoisotopic (exact) mass is 335 g/mol. The minimum Gasteiger partial charge on any atom is -0.492 e. The predicted octanol–water partition coefficient (Wildman–Crippen LogP) is 4.70. The second-order valence-electron chi connectivity index (χ2n) is 6.91. The van der Waals surface area contributed by atoms with Crippen molar-refractivity contribution >= 4 is 6.08 Å². The Morgan fingerprint density at radius 2 is 1.84 bits per heavy atom. The van der Waals surface area contributed by atoms with Gasteiger partial charge in [0.1, 0.15) is 24.2 Å². The molecule has 0 radical (unpaired) electrons. The van der Waals surface area contributed by atoms with E-state index < -0.39 is 0 Å². The quantitative estimate of drug-likeness (QED) is 0.791. The lowest BCUT2D eigenvalue weighted by molar-refractivity contribution is 0.172. The van der Waals surface area contributed by atoms with Crippen LogP contribution in [-0.2, 0) is 0 Å². The fourth-order valence-corrected chi connectivity index (χ4v) is 3.53. The standard InChI is InChI=1S/C22H25NO2/c1-17(23-14-4-5-15-23)16-24-20-11-8-19(9-12-20)22-13-10-18-6-2-3-7-21(18)25-22/h2-3,6-13,17,22H,4-5,14-16H2,1H3/t17-,22?/m0/s1. The highest BCUT2D eigenvalue weighted by molar-refractivity contribution is 5.60. The molecule has 0 amide bonds. The number of benzene rings is 2. The number of rotatable bonds is 5. The molecule has 4 rings (SSSR count). The van der Waals surface area contributed by atoms with Gasteiger partial charge in [0, 0.05) is 11.6 Å². The Balaban J connectivity index is 1.36. The molecule has 3 heteroatoms. The number of para-hydroxylation sites is 1. The molecular formula is C22H25NO2. The Morgan fingerprint density at radius 3 is 2.64 bits per heavy atom. The van der Waals surface area contributed by atoms with E-state index in [0.29, 0.717) is 6.04 Å². The average Bonchev–Trinajstić information content (AvgIpc) is 3.21. The summed E-state index contributed by atoms with van der Waals surface area (Å²) >= 11 is 0. The molecule has 1 unspecified atom stereocenters. The van der Waals surface area contributed by atoms with Crippen LogP contribution in [0, 0.1) is 0 Å². The van der Waals surface area contributed by atoms with Crippen molar-refractivity contribution < 1.29 is 9.47 Å². The predicted molar refractivity (Wildman–Crippen MR) is 101 cm³/mol. The van der Waals surface area contributed by atoms with Crippen LogP contribution in [0.5, 0.6) is 11.5 Å². The van der Waals surface area contributed by atoms with Crippen molar-refractivity contribution in [2.24, 2.45) is 0 Å². The topological polar surface area (TPSA) is 21.7 Å². The van der Waals surface area contributed by atoms with Crippen LogP contribution < -0.4 is 9.47 Å². The van der Waals surface area contributed by atoms with Gasteiger partial charge in [0.2, 0.25) is 0 Å². The summed E-state index contributed by atoms with van der Waals surface area (Å²) in [6.45, 7) is 5.40. The number of hydrogen-bond acceptors (Lipinski definition) is 3. The van der Waals surface area contributed by atoms with E-state index in [0.717, 1.165) is 29.2 Å². The van der Waals surface area contributed by atoms with Crippen LogP contribution in [0.15, 0.2) is 54.6 Å². The molecule has 3 nitrogen and oxygen atoms in total. The lowest BCUT2D eigenvalue weighted by atomic mass is 10.0. The van der Waals surface area contributed by atoms with E-state index in [1.54, 1.807) is 0 Å². The summed E-state index contributed by atoms with van der Waals surface area (Å²) in [6, 6.07) is 16.9. The molecule has 0 bridgehead atoms. The maximum absolute atomic E-state index is 6.09. The SMILES string of the molecule is C[C@@H](COc1ccc(C2C=Cc3ccccc3O2)cc1)N1CCCC1. The number of nitrogens with zero attached hydrogens (tertiary/aromatic N) is 1. The molecule has 1 saturated heterocycles. The molecule has 2 aliphatic heterocycles. The molecule has 25 heavy (non-hydrogen) atoms. The Kier molecular flexibility index (Phi) is 4.75. The third-order valence-electron chi connectivity index (χ3n) is 5.09. The summed E-state index contributed by atoms with van der Waals surface area (Å²) in [6.07, 6.45) is 6.83. The van der Waals surface area contributed by atoms with E-state index in [9.17, 15) is 0 Å². The molecule has 2 aromatic carbocycles. The Bertz CT molecular complexity index is 732. The van der Waals surface area contributed by atoms with Crippen LogP contribution in [0.3, 0.4) is 0 Å². The zero-order chi connectivity index (χ0) is 17.1. The lowest BCUT2D eigenvalue weighted by Gasteiger charge is -2.24. The largest absolute Gasteiger partial charge is 0.492 e. The molecule has 0 N–H and O–H groups in total. The number of hydrogen-bond donors (Lipinski definition) is 0. The highest BCUT2D eigenvalue weighted by Crippen LogP contribution is 2.32. The van der Waals surface area contributed by atoms with Gasteiger partial charge in [-0.05, 0) is 62.7 Å². The van der Waals surface area contributed by atoms with E-state index >= 15 is 0 Å². The van der Waals surface area contributed by atoms with Crippen molar-refractivity contribution in [2.45, 2.75) is 31.9 Å². The summed E-state index contributed by atoms with van der Waals surface area (Å²) in [5.41, 5.74) is 2.28. The molecule has 0 saturated carbocycles. The van der Waals surface area contributed by atoms with Gasteiger partial charge in [-0.2, -0.15) is 0 Å². The first-order valence-electron chi connectivity index (χ1n) is 9.20. The van der Waals surface area contributed by atoms with Crippen molar-refractivity contribution in [3.05, 3.63) is 65.7 Å². The van der Waals surface area contributed by atoms with E-state index in [1.165, 1.54) is 25.9 Å². The third-order valence-corrected chi connectivity index (χ3v) is 5.09. The van der Waals surface area contributed by atoms with Gasteiger partial charge in [-0.15, -0.1) is 0 Å². The number of fused-ring (bicyclic) bond motifs is 1. The van der Waals surface area contributed by atoms with E-state index in [4.69, 9.17) is 9.47 Å². The van der Waals surface area contributed by atoms with Gasteiger partial charge < -0.3 is 9.47 Å². The van der Waals surface area contributed by atoms with Gasteiger partial charge in [0.25, 0.3) is 0 Å². The minimum atomic E-state index is -0.0347. The second-order valence-corrected chi connectivity index (χ2v) is 6.91. The first kappa shape index (κ1) is 16.2. The summed E-state index contributed by atoms with van der Waals surface area (Å²) < 4.78 is 12.1. The Labute approximate surface area is 149 Å². The Hall–Kier alpha value is -2.26. The molecule has 0 spiro atoms. The minimum absolute atomic E-state index is 0.0347. The maximum atomic E-state index is 6.09. The molecule has 1 fully saturated rings. The average molecular weight is 335 g/mol. The summed E-state index contributed by atoms with van der Waals surface area (Å²) in [5, 5.41) is 0. The summed E-state index contributed by atoms with van der Waals surface area (Å²) in [4.78, 5) is 2.51. The Morgan fingerprint density at radius 1 is 1.08 bits per heavy atom. The lowest BCUT2D eigenvalue weighted by Crippen LogP contribution is -2.34. The summed E-state index contributed by atoms with van der Waals surface area (Å²) in [7, 11) is 0. The van der Waals surface area contributed by atoms with Crippen molar-refractivity contribution in [1.82, 2.24) is 4.90 Å². The zero-order valence-corrected chi connectivity index (χ0v) is 14.7. The van der Waals surface area contributed by atoms with Crippen LogP contribution in [0.1, 0.15) is 37.0 Å². The second kappa shape index (κ2) is 7.32. The first-order chi connectivity index (χ1) is 12.3. The molecule has 2 heterocycles. The molecule has 2 atom stereocenters. The highest BCUT2D eigenvalue weighted by atomic mass is 16.5. The van der Waals surface area contributed by atoms with Crippen LogP contribution in [0.4, 0.5) is 0 Å². The van der Waals surface area contributed by atoms with Gasteiger partial charge in [-0.3, -0.25) is 4.90 Å². The van der Waals surface area contributed by atoms with E-state index in [2.05, 4.69) is 42.2 Å². The van der Waals surface area contributed by atoms with Crippen molar-refractivity contribution in [2.75, 3.05) is 19.7 Å². The highest BCUT2D eigenvalue weighted by Gasteiger charge is 2.19. The van der Waals surface area contributed by atoms with Crippen LogP contribution in [0.25, 0.3) is 6.08 Å². The third kappa shape index (κ3) is 3.72. The van der Waals surface area contributed by atoms with Gasteiger partial charge in [-0.25, -0.2) is 0 Å². The molecule has 2 aromatic rings. The fourth-order valence-electron chi connectivity index (χ4n) is 3.53. The van der Waals surface area contributed by atoms with E-state index in [-0.39, 0.29) is 6.10 Å². The first-order valence-corrected chi connectivity index (χ1v) is 9.20. The zero-order valence-electron chi connectivity index (χ0n) is 14.7. The van der Waals surface area contributed by atoms with Gasteiger partial charge in [0.05, 0.1) is 0 Å². The molecule has 0 aliphatic carbocycles. The molecular weight excluding hydrogens is 310 g/mol. The van der Waals surface area contributed by atoms with Gasteiger partial charge >= 0.3 is 0 Å². The number of likely N-dealkylation sites (tertiary alicyclic amines) is 1. The maximum Gasteiger partial charge on any atom is 0.142 e. The van der Waals surface area contributed by atoms with Crippen molar-refractivity contribution in [3.8, 4) is 11.5 Å². The molecule has 0 aromatic heterocycles. The summed E-state index contributed by atoms with van der Waals surface area (Å²) in [5.74, 6) is 1.87. The molecule has 130 valence electrons. The molecule has 2 aliphatic rings. The normalized spacial score (nSPS) is 20.8. The fraction of sp³-hybridized carbons (Fsp3) is 0.364.